The molecule has 1 aromatic rings. The molecule has 0 saturated heterocycles. The highest BCUT2D eigenvalue weighted by molar-refractivity contribution is 5.80. The molecule has 1 aliphatic heterocycles. The van der Waals surface area contributed by atoms with E-state index in [4.69, 9.17) is 4.11 Å². The lowest BCUT2D eigenvalue weighted by molar-refractivity contribution is 0.540. The maximum atomic E-state index is 7.70. The Morgan fingerprint density at radius 3 is 2.22 bits per heavy atom. The first-order chi connectivity index (χ1) is 9.32. The molecule has 1 aliphatic rings. The third-order valence-corrected chi connectivity index (χ3v) is 3.19. The molecule has 0 atom stereocenters. The molecule has 0 aromatic heterocycles. The minimum Gasteiger partial charge on any atom is -0.343 e. The molecule has 0 fully saturated rings. The third-order valence-electron chi connectivity index (χ3n) is 3.19. The van der Waals surface area contributed by atoms with Crippen LogP contribution in [0.4, 0.5) is 11.4 Å². The highest BCUT2D eigenvalue weighted by Gasteiger charge is 2.33. The molecule has 0 aliphatic carbocycles. The fourth-order valence-corrected chi connectivity index (χ4v) is 2.08. The van der Waals surface area contributed by atoms with Gasteiger partial charge in [-0.1, -0.05) is 26.8 Å². The summed E-state index contributed by atoms with van der Waals surface area (Å²) < 4.78 is 23.1. The van der Waals surface area contributed by atoms with E-state index in [1.165, 1.54) is 10.5 Å². The number of fused-ring (bicyclic) bond motifs is 1. The van der Waals surface area contributed by atoms with Gasteiger partial charge in [-0.25, -0.2) is 0 Å². The van der Waals surface area contributed by atoms with Crippen molar-refractivity contribution in [2.75, 3.05) is 16.8 Å². The van der Waals surface area contributed by atoms with E-state index >= 15 is 0 Å². The molecule has 2 rings (SSSR count). The smallest absolute Gasteiger partial charge is 0.209 e. The Balaban J connectivity index is 2.57. The Morgan fingerprint density at radius 2 is 1.72 bits per heavy atom. The van der Waals surface area contributed by atoms with Crippen LogP contribution in [0.5, 0.6) is 0 Å². The molecular weight excluding hydrogens is 220 g/mol. The van der Waals surface area contributed by atoms with Crippen LogP contribution in [0.2, 0.25) is 0 Å². The molecule has 2 radical (unpaired) electrons. The fourth-order valence-electron chi connectivity index (χ4n) is 2.08. The summed E-state index contributed by atoms with van der Waals surface area (Å²) in [5.74, 6) is 0. The van der Waals surface area contributed by atoms with Crippen LogP contribution in [0.25, 0.3) is 0 Å². The van der Waals surface area contributed by atoms with Crippen LogP contribution < -0.4 is 9.80 Å². The number of anilines is 2. The van der Waals surface area contributed by atoms with Gasteiger partial charge < -0.3 is 9.80 Å². The number of hydrogen-bond acceptors (Lipinski definition) is 2. The average Bonchev–Trinajstić information content (AvgIpc) is 2.64. The molecule has 2 nitrogen and oxygen atoms in total. The van der Waals surface area contributed by atoms with Crippen molar-refractivity contribution < 1.29 is 4.11 Å². The van der Waals surface area contributed by atoms with Crippen molar-refractivity contribution >= 4 is 11.4 Å². The number of rotatable bonds is 0. The number of hydrogen-bond donors (Lipinski definition) is 0. The van der Waals surface area contributed by atoms with Gasteiger partial charge >= 0.3 is 0 Å². The molecule has 0 N–H and O–H groups in total. The van der Waals surface area contributed by atoms with Crippen molar-refractivity contribution in [2.24, 2.45) is 0 Å². The number of benzene rings is 1. The summed E-state index contributed by atoms with van der Waals surface area (Å²) in [5.41, 5.74) is 2.57. The van der Waals surface area contributed by atoms with Crippen LogP contribution in [0.1, 0.15) is 51.2 Å². The monoisotopic (exact) mass is 247 g/mol. The second-order valence-corrected chi connectivity index (χ2v) is 6.90. The highest BCUT2D eigenvalue weighted by Crippen LogP contribution is 2.43. The summed E-state index contributed by atoms with van der Waals surface area (Å²) >= 11 is 0. The lowest BCUT2D eigenvalue weighted by Gasteiger charge is -2.33. The van der Waals surface area contributed by atoms with Crippen molar-refractivity contribution in [3.05, 3.63) is 30.4 Å². The van der Waals surface area contributed by atoms with Crippen LogP contribution in [-0.2, 0) is 5.41 Å². The lowest BCUT2D eigenvalue weighted by Crippen LogP contribution is -2.39. The largest absolute Gasteiger partial charge is 0.343 e. The summed E-state index contributed by atoms with van der Waals surface area (Å²) in [5, 5.41) is 0. The zero-order valence-corrected chi connectivity index (χ0v) is 12.1. The van der Waals surface area contributed by atoms with Crippen molar-refractivity contribution in [1.29, 1.82) is 0 Å². The van der Waals surface area contributed by atoms with E-state index in [0.29, 0.717) is 5.69 Å². The van der Waals surface area contributed by atoms with Crippen molar-refractivity contribution in [2.45, 2.75) is 52.5 Å². The van der Waals surface area contributed by atoms with E-state index < -0.39 is 6.98 Å². The lowest BCUT2D eigenvalue weighted by atomic mass is 9.86. The van der Waals surface area contributed by atoms with Gasteiger partial charge in [0.25, 0.3) is 0 Å². The Labute approximate surface area is 116 Å². The Hall–Kier alpha value is -1.18. The Bertz CT molecular complexity index is 536. The predicted octanol–water partition coefficient (Wildman–Crippen LogP) is 4.04. The summed E-state index contributed by atoms with van der Waals surface area (Å²) in [4.78, 5) is 3.18. The van der Waals surface area contributed by atoms with Crippen molar-refractivity contribution in [3.8, 4) is 0 Å². The van der Waals surface area contributed by atoms with E-state index in [0.717, 1.165) is 5.69 Å². The van der Waals surface area contributed by atoms with Crippen molar-refractivity contribution in [1.82, 2.24) is 0 Å². The summed E-state index contributed by atoms with van der Waals surface area (Å²) in [6, 6.07) is 5.98. The van der Waals surface area contributed by atoms with Crippen LogP contribution in [0, 0.1) is 6.67 Å². The molecule has 0 amide bonds. The zero-order valence-electron chi connectivity index (χ0n) is 15.1. The van der Waals surface area contributed by atoms with Gasteiger partial charge in [0, 0.05) is 16.6 Å². The van der Waals surface area contributed by atoms with E-state index in [1.807, 2.05) is 17.0 Å². The molecule has 0 saturated carbocycles. The molecule has 0 unspecified atom stereocenters. The van der Waals surface area contributed by atoms with Gasteiger partial charge in [-0.2, -0.15) is 0 Å². The minimum atomic E-state index is -2.22. The maximum absolute atomic E-state index is 7.70. The zero-order chi connectivity index (χ0) is 16.2. The molecule has 1 heterocycles. The molecule has 98 valence electrons. The summed E-state index contributed by atoms with van der Waals surface area (Å²) in [6.45, 7) is 13.4. The van der Waals surface area contributed by atoms with Crippen LogP contribution in [0.15, 0.2) is 18.2 Å². The molecule has 2 heteroatoms. The van der Waals surface area contributed by atoms with Crippen molar-refractivity contribution in [3.63, 3.8) is 0 Å². The van der Waals surface area contributed by atoms with Gasteiger partial charge in [-0.3, -0.25) is 0 Å². The minimum absolute atomic E-state index is 0.0198. The highest BCUT2D eigenvalue weighted by atomic mass is 15.4. The van der Waals surface area contributed by atoms with Gasteiger partial charge in [-0.05, 0) is 43.9 Å². The third kappa shape index (κ3) is 2.21. The second-order valence-electron chi connectivity index (χ2n) is 6.90. The summed E-state index contributed by atoms with van der Waals surface area (Å²) in [6.07, 6.45) is 0. The first-order valence-corrected chi connectivity index (χ1v) is 6.33. The first kappa shape index (κ1) is 9.71. The Morgan fingerprint density at radius 1 is 1.06 bits per heavy atom. The topological polar surface area (TPSA) is 6.48 Å². The fraction of sp³-hybridized carbons (Fsp3) is 0.562. The SMILES string of the molecule is [2H]C([2H])([2H])N1[C]N(C(C)(C)C)c2cc(C(C)(C)C)ccc21. The van der Waals surface area contributed by atoms with E-state index in [1.54, 1.807) is 0 Å². The first-order valence-electron chi connectivity index (χ1n) is 7.83. The Kier molecular flexibility index (Phi) is 2.11. The number of nitrogens with zero attached hydrogens (tertiary/aromatic N) is 2. The molecule has 0 bridgehead atoms. The second kappa shape index (κ2) is 3.91. The summed E-state index contributed by atoms with van der Waals surface area (Å²) in [7, 11) is 0. The van der Waals surface area contributed by atoms with Gasteiger partial charge in [-0.15, -0.1) is 0 Å². The van der Waals surface area contributed by atoms with Gasteiger partial charge in [0.05, 0.1) is 11.4 Å². The molecule has 18 heavy (non-hydrogen) atoms. The maximum Gasteiger partial charge on any atom is 0.209 e. The molecular formula is C16H24N2. The average molecular weight is 247 g/mol. The van der Waals surface area contributed by atoms with Gasteiger partial charge in [0.2, 0.25) is 6.67 Å². The van der Waals surface area contributed by atoms with Crippen LogP contribution in [-0.4, -0.2) is 12.5 Å². The standard InChI is InChI=1S/C16H24N2/c1-15(2,3)12-8-9-13-14(10-12)18(11-17(13)7)16(4,5)6/h8-10H,1-7H3/i7D3. The van der Waals surface area contributed by atoms with E-state index in [9.17, 15) is 0 Å². The van der Waals surface area contributed by atoms with Crippen LogP contribution >= 0.6 is 0 Å². The predicted molar refractivity (Wildman–Crippen MR) is 79.0 cm³/mol. The van der Waals surface area contributed by atoms with Crippen LogP contribution in [0.3, 0.4) is 0 Å². The van der Waals surface area contributed by atoms with Gasteiger partial charge in [0.1, 0.15) is 0 Å². The van der Waals surface area contributed by atoms with E-state index in [-0.39, 0.29) is 11.0 Å². The molecule has 1 aromatic carbocycles. The quantitative estimate of drug-likeness (QED) is 0.683. The normalized spacial score (nSPS) is 19.3. The van der Waals surface area contributed by atoms with E-state index in [2.05, 4.69) is 54.3 Å². The van der Waals surface area contributed by atoms with Gasteiger partial charge in [0.15, 0.2) is 0 Å². The molecule has 0 spiro atoms.